The summed E-state index contributed by atoms with van der Waals surface area (Å²) >= 11 is 3.53. The molecule has 2 rings (SSSR count). The summed E-state index contributed by atoms with van der Waals surface area (Å²) in [6.07, 6.45) is 1.05. The number of hydrogen-bond donors (Lipinski definition) is 1. The molecule has 112 valence electrons. The van der Waals surface area contributed by atoms with E-state index in [1.807, 2.05) is 38.1 Å². The molecular weight excluding hydrogens is 330 g/mol. The lowest BCUT2D eigenvalue weighted by Crippen LogP contribution is -2.09. The van der Waals surface area contributed by atoms with Gasteiger partial charge in [0.2, 0.25) is 5.88 Å². The molecule has 0 saturated heterocycles. The molecule has 1 N–H and O–H groups in total. The van der Waals surface area contributed by atoms with Crippen LogP contribution in [0.1, 0.15) is 30.3 Å². The summed E-state index contributed by atoms with van der Waals surface area (Å²) in [5.41, 5.74) is 2.04. The molecule has 5 heteroatoms. The second-order valence-electron chi connectivity index (χ2n) is 4.86. The van der Waals surface area contributed by atoms with Crippen molar-refractivity contribution in [2.45, 2.75) is 33.8 Å². The van der Waals surface area contributed by atoms with Gasteiger partial charge in [-0.25, -0.2) is 4.98 Å². The van der Waals surface area contributed by atoms with Crippen molar-refractivity contribution in [1.29, 1.82) is 0 Å². The number of benzene rings is 1. The van der Waals surface area contributed by atoms with Crippen molar-refractivity contribution in [3.63, 3.8) is 0 Å². The van der Waals surface area contributed by atoms with Crippen LogP contribution in [0, 0.1) is 13.8 Å². The van der Waals surface area contributed by atoms with Gasteiger partial charge in [0, 0.05) is 16.6 Å². The van der Waals surface area contributed by atoms with Gasteiger partial charge in [-0.3, -0.25) is 0 Å². The summed E-state index contributed by atoms with van der Waals surface area (Å²) in [7, 11) is 0. The van der Waals surface area contributed by atoms with E-state index in [2.05, 4.69) is 38.1 Å². The largest absolute Gasteiger partial charge is 0.472 e. The van der Waals surface area contributed by atoms with Crippen LogP contribution in [0.25, 0.3) is 0 Å². The van der Waals surface area contributed by atoms with Crippen molar-refractivity contribution in [1.82, 2.24) is 9.97 Å². The Kier molecular flexibility index (Phi) is 5.56. The summed E-state index contributed by atoms with van der Waals surface area (Å²) < 4.78 is 6.92. The highest BCUT2D eigenvalue weighted by Crippen LogP contribution is 2.24. The molecule has 0 fully saturated rings. The molecule has 0 saturated carbocycles. The Morgan fingerprint density at radius 3 is 2.67 bits per heavy atom. The van der Waals surface area contributed by atoms with Gasteiger partial charge in [-0.15, -0.1) is 0 Å². The third kappa shape index (κ3) is 4.17. The molecule has 0 aliphatic heterocycles. The third-order valence-corrected chi connectivity index (χ3v) is 3.85. The van der Waals surface area contributed by atoms with Gasteiger partial charge < -0.3 is 10.1 Å². The SMILES string of the molecule is CCCNc1nc(C)nc(OCc2ccccc2Br)c1C. The van der Waals surface area contributed by atoms with E-state index >= 15 is 0 Å². The molecule has 0 spiro atoms. The van der Waals surface area contributed by atoms with Gasteiger partial charge in [-0.1, -0.05) is 41.1 Å². The van der Waals surface area contributed by atoms with Crippen LogP contribution in [0.2, 0.25) is 0 Å². The van der Waals surface area contributed by atoms with E-state index in [1.165, 1.54) is 0 Å². The number of rotatable bonds is 6. The second-order valence-corrected chi connectivity index (χ2v) is 5.71. The molecule has 0 aliphatic carbocycles. The fourth-order valence-electron chi connectivity index (χ4n) is 1.92. The van der Waals surface area contributed by atoms with Crippen molar-refractivity contribution in [3.8, 4) is 5.88 Å². The minimum Gasteiger partial charge on any atom is -0.472 e. The van der Waals surface area contributed by atoms with Gasteiger partial charge >= 0.3 is 0 Å². The van der Waals surface area contributed by atoms with Gasteiger partial charge in [-0.2, -0.15) is 4.98 Å². The maximum Gasteiger partial charge on any atom is 0.222 e. The Bertz CT molecular complexity index is 616. The summed E-state index contributed by atoms with van der Waals surface area (Å²) in [4.78, 5) is 8.83. The number of nitrogens with zero attached hydrogens (tertiary/aromatic N) is 2. The highest BCUT2D eigenvalue weighted by Gasteiger charge is 2.10. The number of aromatic nitrogens is 2. The van der Waals surface area contributed by atoms with Crippen LogP contribution in [-0.2, 0) is 6.61 Å². The zero-order chi connectivity index (χ0) is 15.2. The zero-order valence-corrected chi connectivity index (χ0v) is 14.2. The molecule has 1 aromatic heterocycles. The lowest BCUT2D eigenvalue weighted by atomic mass is 10.2. The molecular formula is C16H20BrN3O. The molecule has 0 bridgehead atoms. The molecule has 1 aromatic carbocycles. The second kappa shape index (κ2) is 7.41. The molecule has 4 nitrogen and oxygen atoms in total. The number of halogens is 1. The van der Waals surface area contributed by atoms with E-state index in [9.17, 15) is 0 Å². The molecule has 2 aromatic rings. The van der Waals surface area contributed by atoms with Gasteiger partial charge in [-0.05, 0) is 26.3 Å². The van der Waals surface area contributed by atoms with Crippen LogP contribution in [-0.4, -0.2) is 16.5 Å². The predicted molar refractivity (Wildman–Crippen MR) is 88.8 cm³/mol. The highest BCUT2D eigenvalue weighted by molar-refractivity contribution is 9.10. The van der Waals surface area contributed by atoms with Crippen LogP contribution in [0.15, 0.2) is 28.7 Å². The number of anilines is 1. The molecule has 1 heterocycles. The van der Waals surface area contributed by atoms with Crippen molar-refractivity contribution in [3.05, 3.63) is 45.7 Å². The van der Waals surface area contributed by atoms with E-state index in [0.717, 1.165) is 34.4 Å². The Labute approximate surface area is 134 Å². The van der Waals surface area contributed by atoms with Crippen molar-refractivity contribution >= 4 is 21.7 Å². The van der Waals surface area contributed by atoms with Gasteiger partial charge in [0.15, 0.2) is 0 Å². The maximum atomic E-state index is 5.88. The van der Waals surface area contributed by atoms with E-state index in [1.54, 1.807) is 0 Å². The average molecular weight is 350 g/mol. The monoisotopic (exact) mass is 349 g/mol. The smallest absolute Gasteiger partial charge is 0.222 e. The maximum absolute atomic E-state index is 5.88. The van der Waals surface area contributed by atoms with Gasteiger partial charge in [0.25, 0.3) is 0 Å². The normalized spacial score (nSPS) is 10.5. The minimum atomic E-state index is 0.478. The average Bonchev–Trinajstić information content (AvgIpc) is 2.47. The van der Waals surface area contributed by atoms with Crippen molar-refractivity contribution in [2.24, 2.45) is 0 Å². The predicted octanol–water partition coefficient (Wildman–Crippen LogP) is 4.26. The Morgan fingerprint density at radius 1 is 1.19 bits per heavy atom. The van der Waals surface area contributed by atoms with Crippen LogP contribution >= 0.6 is 15.9 Å². The fraction of sp³-hybridized carbons (Fsp3) is 0.375. The first-order valence-electron chi connectivity index (χ1n) is 7.07. The summed E-state index contributed by atoms with van der Waals surface area (Å²) in [6.45, 7) is 7.35. The number of hydrogen-bond acceptors (Lipinski definition) is 4. The first-order valence-corrected chi connectivity index (χ1v) is 7.86. The molecule has 0 atom stereocenters. The lowest BCUT2D eigenvalue weighted by Gasteiger charge is -2.13. The third-order valence-electron chi connectivity index (χ3n) is 3.08. The summed E-state index contributed by atoms with van der Waals surface area (Å²) in [6, 6.07) is 8.02. The molecule has 0 aliphatic rings. The van der Waals surface area contributed by atoms with E-state index in [0.29, 0.717) is 18.3 Å². The quantitative estimate of drug-likeness (QED) is 0.846. The number of aryl methyl sites for hydroxylation is 1. The first-order chi connectivity index (χ1) is 10.1. The number of nitrogens with one attached hydrogen (secondary N) is 1. The lowest BCUT2D eigenvalue weighted by molar-refractivity contribution is 0.290. The Balaban J connectivity index is 2.16. The summed E-state index contributed by atoms with van der Waals surface area (Å²) in [5.74, 6) is 2.20. The van der Waals surface area contributed by atoms with Gasteiger partial charge in [0.1, 0.15) is 18.2 Å². The standard InChI is InChI=1S/C16H20BrN3O/c1-4-9-18-15-11(2)16(20-12(3)19-15)21-10-13-7-5-6-8-14(13)17/h5-8H,4,9-10H2,1-3H3,(H,18,19,20). The van der Waals surface area contributed by atoms with E-state index < -0.39 is 0 Å². The Hall–Kier alpha value is -1.62. The molecule has 0 amide bonds. The van der Waals surface area contributed by atoms with Crippen LogP contribution < -0.4 is 10.1 Å². The first kappa shape index (κ1) is 15.8. The molecule has 21 heavy (non-hydrogen) atoms. The van der Waals surface area contributed by atoms with E-state index in [4.69, 9.17) is 4.74 Å². The van der Waals surface area contributed by atoms with Crippen LogP contribution in [0.3, 0.4) is 0 Å². The van der Waals surface area contributed by atoms with Crippen molar-refractivity contribution < 1.29 is 4.74 Å². The molecule has 0 unspecified atom stereocenters. The minimum absolute atomic E-state index is 0.478. The van der Waals surface area contributed by atoms with Crippen LogP contribution in [0.5, 0.6) is 5.88 Å². The van der Waals surface area contributed by atoms with Crippen molar-refractivity contribution in [2.75, 3.05) is 11.9 Å². The van der Waals surface area contributed by atoms with E-state index in [-0.39, 0.29) is 0 Å². The summed E-state index contributed by atoms with van der Waals surface area (Å²) in [5, 5.41) is 3.31. The number of ether oxygens (including phenoxy) is 1. The topological polar surface area (TPSA) is 47.0 Å². The Morgan fingerprint density at radius 2 is 1.95 bits per heavy atom. The molecule has 0 radical (unpaired) electrons. The fourth-order valence-corrected chi connectivity index (χ4v) is 2.32. The highest BCUT2D eigenvalue weighted by atomic mass is 79.9. The van der Waals surface area contributed by atoms with Gasteiger partial charge in [0.05, 0.1) is 5.56 Å². The van der Waals surface area contributed by atoms with Crippen LogP contribution in [0.4, 0.5) is 5.82 Å². The zero-order valence-electron chi connectivity index (χ0n) is 12.6.